The van der Waals surface area contributed by atoms with Crippen molar-refractivity contribution in [2.75, 3.05) is 6.54 Å². The Labute approximate surface area is 122 Å². The summed E-state index contributed by atoms with van der Waals surface area (Å²) in [7, 11) is 0. The number of hydrogen-bond acceptors (Lipinski definition) is 3. The maximum Gasteiger partial charge on any atom is 0.326 e. The third kappa shape index (κ3) is 2.39. The zero-order chi connectivity index (χ0) is 15.0. The van der Waals surface area contributed by atoms with Crippen LogP contribution in [0.2, 0.25) is 0 Å². The highest BCUT2D eigenvalue weighted by molar-refractivity contribution is 5.98. The SMILES string of the molecule is Cc1cccc2cc(C(=O)N3CCCC[C@@H]3C(=O)O)oc12. The van der Waals surface area contributed by atoms with Gasteiger partial charge in [-0.2, -0.15) is 0 Å². The van der Waals surface area contributed by atoms with E-state index in [9.17, 15) is 14.7 Å². The number of rotatable bonds is 2. The number of amides is 1. The number of benzene rings is 1. The number of piperidine rings is 1. The molecule has 1 amide bonds. The number of furan rings is 1. The fourth-order valence-corrected chi connectivity index (χ4v) is 2.89. The van der Waals surface area contributed by atoms with Crippen molar-refractivity contribution in [2.45, 2.75) is 32.2 Å². The molecule has 0 bridgehead atoms. The number of carbonyl (C=O) groups excluding carboxylic acids is 1. The van der Waals surface area contributed by atoms with Crippen LogP contribution in [0.25, 0.3) is 11.0 Å². The summed E-state index contributed by atoms with van der Waals surface area (Å²) in [6.45, 7) is 2.38. The number of carboxylic acid groups (broad SMARTS) is 1. The topological polar surface area (TPSA) is 70.8 Å². The quantitative estimate of drug-likeness (QED) is 0.922. The average molecular weight is 287 g/mol. The van der Waals surface area contributed by atoms with Crippen molar-refractivity contribution in [1.29, 1.82) is 0 Å². The predicted octanol–water partition coefficient (Wildman–Crippen LogP) is 2.82. The molecule has 1 aromatic carbocycles. The smallest absolute Gasteiger partial charge is 0.326 e. The van der Waals surface area contributed by atoms with Crippen LogP contribution in [0.4, 0.5) is 0 Å². The van der Waals surface area contributed by atoms with Crippen molar-refractivity contribution in [2.24, 2.45) is 0 Å². The largest absolute Gasteiger partial charge is 0.480 e. The summed E-state index contributed by atoms with van der Waals surface area (Å²) >= 11 is 0. The first kappa shape index (κ1) is 13.7. The van der Waals surface area contributed by atoms with Gasteiger partial charge in [-0.3, -0.25) is 4.79 Å². The maximum absolute atomic E-state index is 12.6. The van der Waals surface area contributed by atoms with Gasteiger partial charge >= 0.3 is 5.97 Å². The molecular weight excluding hydrogens is 270 g/mol. The second-order valence-corrected chi connectivity index (χ2v) is 5.45. The van der Waals surface area contributed by atoms with Crippen LogP contribution < -0.4 is 0 Å². The third-order valence-electron chi connectivity index (χ3n) is 4.00. The van der Waals surface area contributed by atoms with Crippen LogP contribution in [0.3, 0.4) is 0 Å². The summed E-state index contributed by atoms with van der Waals surface area (Å²) in [6, 6.07) is 6.65. The Balaban J connectivity index is 1.95. The lowest BCUT2D eigenvalue weighted by molar-refractivity contribution is -0.143. The summed E-state index contributed by atoms with van der Waals surface area (Å²) in [5.41, 5.74) is 1.64. The zero-order valence-corrected chi connectivity index (χ0v) is 11.8. The molecule has 0 radical (unpaired) electrons. The van der Waals surface area contributed by atoms with Gasteiger partial charge in [0.1, 0.15) is 11.6 Å². The van der Waals surface area contributed by atoms with Gasteiger partial charge in [0.25, 0.3) is 5.91 Å². The lowest BCUT2D eigenvalue weighted by Gasteiger charge is -2.32. The third-order valence-corrected chi connectivity index (χ3v) is 4.00. The fraction of sp³-hybridized carbons (Fsp3) is 0.375. The highest BCUT2D eigenvalue weighted by atomic mass is 16.4. The Morgan fingerprint density at radius 1 is 1.33 bits per heavy atom. The number of carbonyl (C=O) groups is 2. The Hall–Kier alpha value is -2.30. The van der Waals surface area contributed by atoms with Crippen molar-refractivity contribution in [3.63, 3.8) is 0 Å². The summed E-state index contributed by atoms with van der Waals surface area (Å²) in [5, 5.41) is 10.1. The maximum atomic E-state index is 12.6. The van der Waals surface area contributed by atoms with Crippen LogP contribution in [0.1, 0.15) is 35.4 Å². The van der Waals surface area contributed by atoms with E-state index in [-0.39, 0.29) is 11.7 Å². The van der Waals surface area contributed by atoms with Crippen LogP contribution in [-0.2, 0) is 4.79 Å². The Kier molecular flexibility index (Phi) is 3.41. The van der Waals surface area contributed by atoms with Crippen molar-refractivity contribution >= 4 is 22.8 Å². The Morgan fingerprint density at radius 3 is 2.86 bits per heavy atom. The lowest BCUT2D eigenvalue weighted by Crippen LogP contribution is -2.47. The minimum Gasteiger partial charge on any atom is -0.480 e. The molecule has 5 nitrogen and oxygen atoms in total. The van der Waals surface area contributed by atoms with Gasteiger partial charge in [-0.05, 0) is 37.8 Å². The first-order chi connectivity index (χ1) is 10.1. The standard InChI is InChI=1S/C16H17NO4/c1-10-5-4-6-11-9-13(21-14(10)11)15(18)17-8-3-2-7-12(17)16(19)20/h4-6,9,12H,2-3,7-8H2,1H3,(H,19,20)/t12-/m1/s1. The van der Waals surface area contributed by atoms with E-state index < -0.39 is 12.0 Å². The van der Waals surface area contributed by atoms with E-state index in [0.29, 0.717) is 18.5 Å². The molecule has 1 aliphatic rings. The Bertz CT molecular complexity index is 703. The van der Waals surface area contributed by atoms with Gasteiger partial charge in [-0.15, -0.1) is 0 Å². The average Bonchev–Trinajstić information content (AvgIpc) is 2.92. The second-order valence-electron chi connectivity index (χ2n) is 5.45. The predicted molar refractivity (Wildman–Crippen MR) is 77.3 cm³/mol. The number of carboxylic acids is 1. The van der Waals surface area contributed by atoms with Gasteiger partial charge in [0.2, 0.25) is 0 Å². The van der Waals surface area contributed by atoms with Crippen molar-refractivity contribution in [3.8, 4) is 0 Å². The molecule has 1 aliphatic heterocycles. The van der Waals surface area contributed by atoms with E-state index in [1.54, 1.807) is 6.07 Å². The second kappa shape index (κ2) is 5.24. The van der Waals surface area contributed by atoms with Crippen LogP contribution in [0.15, 0.2) is 28.7 Å². The summed E-state index contributed by atoms with van der Waals surface area (Å²) in [6.07, 6.45) is 2.16. The number of fused-ring (bicyclic) bond motifs is 1. The molecule has 5 heteroatoms. The lowest BCUT2D eigenvalue weighted by atomic mass is 10.0. The van der Waals surface area contributed by atoms with E-state index in [0.717, 1.165) is 23.8 Å². The zero-order valence-electron chi connectivity index (χ0n) is 11.8. The molecule has 21 heavy (non-hydrogen) atoms. The van der Waals surface area contributed by atoms with E-state index in [1.807, 2.05) is 25.1 Å². The molecule has 0 aliphatic carbocycles. The van der Waals surface area contributed by atoms with Crippen LogP contribution in [0.5, 0.6) is 0 Å². The van der Waals surface area contributed by atoms with Gasteiger partial charge in [0.05, 0.1) is 0 Å². The number of nitrogens with zero attached hydrogens (tertiary/aromatic N) is 1. The van der Waals surface area contributed by atoms with E-state index in [2.05, 4.69) is 0 Å². The van der Waals surface area contributed by atoms with E-state index in [4.69, 9.17) is 4.42 Å². The molecule has 1 atom stereocenters. The van der Waals surface area contributed by atoms with E-state index >= 15 is 0 Å². The monoisotopic (exact) mass is 287 g/mol. The number of likely N-dealkylation sites (tertiary alicyclic amines) is 1. The van der Waals surface area contributed by atoms with Crippen LogP contribution in [-0.4, -0.2) is 34.5 Å². The minimum absolute atomic E-state index is 0.215. The van der Waals surface area contributed by atoms with Gasteiger partial charge in [-0.25, -0.2) is 4.79 Å². The number of para-hydroxylation sites is 1. The molecule has 2 heterocycles. The van der Waals surface area contributed by atoms with Crippen molar-refractivity contribution in [3.05, 3.63) is 35.6 Å². The molecule has 3 rings (SSSR count). The van der Waals surface area contributed by atoms with Crippen molar-refractivity contribution in [1.82, 2.24) is 4.90 Å². The summed E-state index contributed by atoms with van der Waals surface area (Å²) in [4.78, 5) is 25.3. The molecule has 1 saturated heterocycles. The molecule has 1 fully saturated rings. The summed E-state index contributed by atoms with van der Waals surface area (Å²) in [5.74, 6) is -1.07. The first-order valence-corrected chi connectivity index (χ1v) is 7.11. The number of hydrogen-bond donors (Lipinski definition) is 1. The molecule has 110 valence electrons. The van der Waals surface area contributed by atoms with Crippen LogP contribution >= 0.6 is 0 Å². The summed E-state index contributed by atoms with van der Waals surface area (Å²) < 4.78 is 5.66. The molecule has 1 aromatic heterocycles. The molecule has 2 aromatic rings. The molecule has 0 spiro atoms. The van der Waals surface area contributed by atoms with Crippen molar-refractivity contribution < 1.29 is 19.1 Å². The van der Waals surface area contributed by atoms with Gasteiger partial charge in [0, 0.05) is 11.9 Å². The van der Waals surface area contributed by atoms with Gasteiger partial charge in [0.15, 0.2) is 5.76 Å². The Morgan fingerprint density at radius 2 is 2.14 bits per heavy atom. The normalized spacial score (nSPS) is 18.9. The van der Waals surface area contributed by atoms with Crippen LogP contribution in [0, 0.1) is 6.92 Å². The fourth-order valence-electron chi connectivity index (χ4n) is 2.89. The molecule has 1 N–H and O–H groups in total. The number of aryl methyl sites for hydroxylation is 1. The van der Waals surface area contributed by atoms with E-state index in [1.165, 1.54) is 4.90 Å². The first-order valence-electron chi connectivity index (χ1n) is 7.11. The van der Waals surface area contributed by atoms with Gasteiger partial charge in [-0.1, -0.05) is 18.2 Å². The number of aliphatic carboxylic acids is 1. The molecular formula is C16H17NO4. The van der Waals surface area contributed by atoms with Gasteiger partial charge < -0.3 is 14.4 Å². The molecule has 0 unspecified atom stereocenters. The molecule has 0 saturated carbocycles. The highest BCUT2D eigenvalue weighted by Gasteiger charge is 2.33. The highest BCUT2D eigenvalue weighted by Crippen LogP contribution is 2.26. The minimum atomic E-state index is -0.949.